The van der Waals surface area contributed by atoms with Crippen LogP contribution in [0.4, 0.5) is 0 Å². The lowest BCUT2D eigenvalue weighted by Gasteiger charge is -2.01. The fourth-order valence-electron chi connectivity index (χ4n) is 1.13. The van der Waals surface area contributed by atoms with Gasteiger partial charge < -0.3 is 10.1 Å². The molecule has 0 saturated carbocycles. The molecule has 0 atom stereocenters. The Balaban J connectivity index is 2.11. The van der Waals surface area contributed by atoms with Crippen LogP contribution in [0.25, 0.3) is 6.08 Å². The Morgan fingerprint density at radius 1 is 1.62 bits per heavy atom. The molecular weight excluding hydrogens is 222 g/mol. The van der Waals surface area contributed by atoms with Gasteiger partial charge in [-0.2, -0.15) is 11.3 Å². The molecule has 1 aromatic rings. The molecule has 1 rings (SSSR count). The first-order valence-corrected chi connectivity index (χ1v) is 6.33. The van der Waals surface area contributed by atoms with Gasteiger partial charge in [-0.15, -0.1) is 0 Å². The van der Waals surface area contributed by atoms with E-state index in [2.05, 4.69) is 5.32 Å². The van der Waals surface area contributed by atoms with Crippen molar-refractivity contribution in [2.24, 2.45) is 0 Å². The molecular formula is C12H17NO2S. The Labute approximate surface area is 100 Å². The maximum absolute atomic E-state index is 11.3. The number of carbonyl (C=O) groups is 1. The zero-order valence-electron chi connectivity index (χ0n) is 9.44. The lowest BCUT2D eigenvalue weighted by molar-refractivity contribution is -0.116. The average molecular weight is 239 g/mol. The van der Waals surface area contributed by atoms with E-state index < -0.39 is 0 Å². The minimum Gasteiger partial charge on any atom is -0.382 e. The predicted molar refractivity (Wildman–Crippen MR) is 67.5 cm³/mol. The molecule has 0 aliphatic rings. The third-order valence-corrected chi connectivity index (χ3v) is 2.64. The van der Waals surface area contributed by atoms with Crippen molar-refractivity contribution < 1.29 is 9.53 Å². The standard InChI is InChI=1S/C12H17NO2S/c1-2-15-8-3-7-13-12(14)5-4-11-6-9-16-10-11/h4-6,9-10H,2-3,7-8H2,1H3,(H,13,14)/b5-4+. The summed E-state index contributed by atoms with van der Waals surface area (Å²) in [5, 5.41) is 6.79. The van der Waals surface area contributed by atoms with Crippen molar-refractivity contribution in [3.05, 3.63) is 28.5 Å². The maximum atomic E-state index is 11.3. The SMILES string of the molecule is CCOCCCNC(=O)/C=C/c1ccsc1. The highest BCUT2D eigenvalue weighted by molar-refractivity contribution is 7.08. The van der Waals surface area contributed by atoms with E-state index in [9.17, 15) is 4.79 Å². The lowest BCUT2D eigenvalue weighted by atomic mass is 10.3. The van der Waals surface area contributed by atoms with Gasteiger partial charge in [0.05, 0.1) is 0 Å². The van der Waals surface area contributed by atoms with Crippen molar-refractivity contribution in [1.29, 1.82) is 0 Å². The molecule has 1 N–H and O–H groups in total. The molecule has 88 valence electrons. The maximum Gasteiger partial charge on any atom is 0.244 e. The van der Waals surface area contributed by atoms with Crippen molar-refractivity contribution in [2.75, 3.05) is 19.8 Å². The number of thiophene rings is 1. The molecule has 1 heterocycles. The first-order valence-electron chi connectivity index (χ1n) is 5.38. The second-order valence-corrected chi connectivity index (χ2v) is 4.01. The van der Waals surface area contributed by atoms with Crippen molar-refractivity contribution in [1.82, 2.24) is 5.32 Å². The Morgan fingerprint density at radius 2 is 2.50 bits per heavy atom. The second-order valence-electron chi connectivity index (χ2n) is 3.23. The number of hydrogen-bond donors (Lipinski definition) is 1. The number of hydrogen-bond acceptors (Lipinski definition) is 3. The van der Waals surface area contributed by atoms with Gasteiger partial charge in [0, 0.05) is 25.8 Å². The van der Waals surface area contributed by atoms with Gasteiger partial charge in [0.25, 0.3) is 0 Å². The van der Waals surface area contributed by atoms with Gasteiger partial charge in [0.15, 0.2) is 0 Å². The van der Waals surface area contributed by atoms with E-state index in [1.807, 2.05) is 29.8 Å². The van der Waals surface area contributed by atoms with Gasteiger partial charge in [0.2, 0.25) is 5.91 Å². The van der Waals surface area contributed by atoms with Crippen LogP contribution in [0.15, 0.2) is 22.9 Å². The molecule has 1 aromatic heterocycles. The summed E-state index contributed by atoms with van der Waals surface area (Å²) in [6, 6.07) is 1.98. The fourth-order valence-corrected chi connectivity index (χ4v) is 1.76. The van der Waals surface area contributed by atoms with Crippen molar-refractivity contribution in [3.8, 4) is 0 Å². The van der Waals surface area contributed by atoms with Crippen LogP contribution in [0, 0.1) is 0 Å². The molecule has 0 radical (unpaired) electrons. The van der Waals surface area contributed by atoms with Crippen molar-refractivity contribution >= 4 is 23.3 Å². The molecule has 0 spiro atoms. The topological polar surface area (TPSA) is 38.3 Å². The summed E-state index contributed by atoms with van der Waals surface area (Å²) in [4.78, 5) is 11.3. The van der Waals surface area contributed by atoms with E-state index in [1.165, 1.54) is 0 Å². The van der Waals surface area contributed by atoms with E-state index in [1.54, 1.807) is 17.4 Å². The van der Waals surface area contributed by atoms with E-state index >= 15 is 0 Å². The molecule has 4 heteroatoms. The summed E-state index contributed by atoms with van der Waals surface area (Å²) in [6.07, 6.45) is 4.23. The van der Waals surface area contributed by atoms with Crippen LogP contribution in [0.2, 0.25) is 0 Å². The highest BCUT2D eigenvalue weighted by atomic mass is 32.1. The van der Waals surface area contributed by atoms with E-state index in [0.717, 1.165) is 18.6 Å². The first kappa shape index (κ1) is 12.9. The molecule has 3 nitrogen and oxygen atoms in total. The molecule has 0 aliphatic heterocycles. The number of ether oxygens (including phenoxy) is 1. The van der Waals surface area contributed by atoms with Crippen LogP contribution < -0.4 is 5.32 Å². The van der Waals surface area contributed by atoms with Crippen LogP contribution in [-0.2, 0) is 9.53 Å². The van der Waals surface area contributed by atoms with Crippen LogP contribution >= 0.6 is 11.3 Å². The van der Waals surface area contributed by atoms with E-state index in [-0.39, 0.29) is 5.91 Å². The van der Waals surface area contributed by atoms with Crippen LogP contribution in [-0.4, -0.2) is 25.7 Å². The highest BCUT2D eigenvalue weighted by Crippen LogP contribution is 2.07. The van der Waals surface area contributed by atoms with Crippen molar-refractivity contribution in [3.63, 3.8) is 0 Å². The third-order valence-electron chi connectivity index (χ3n) is 1.94. The third kappa shape index (κ3) is 5.68. The lowest BCUT2D eigenvalue weighted by Crippen LogP contribution is -2.23. The van der Waals surface area contributed by atoms with Gasteiger partial charge in [0.1, 0.15) is 0 Å². The van der Waals surface area contributed by atoms with Gasteiger partial charge in [-0.3, -0.25) is 4.79 Å². The first-order chi connectivity index (χ1) is 7.83. The molecule has 0 fully saturated rings. The monoisotopic (exact) mass is 239 g/mol. The summed E-state index contributed by atoms with van der Waals surface area (Å²) in [5.41, 5.74) is 1.06. The van der Waals surface area contributed by atoms with Gasteiger partial charge in [-0.05, 0) is 41.8 Å². The van der Waals surface area contributed by atoms with Gasteiger partial charge in [-0.25, -0.2) is 0 Å². The zero-order valence-corrected chi connectivity index (χ0v) is 10.3. The Kier molecular flexibility index (Phi) is 6.53. The smallest absolute Gasteiger partial charge is 0.244 e. The molecule has 1 amide bonds. The Hall–Kier alpha value is -1.13. The molecule has 0 unspecified atom stereocenters. The predicted octanol–water partition coefficient (Wildman–Crippen LogP) is 2.30. The normalized spacial score (nSPS) is 10.8. The van der Waals surface area contributed by atoms with Gasteiger partial charge in [-0.1, -0.05) is 0 Å². The highest BCUT2D eigenvalue weighted by Gasteiger charge is 1.94. The summed E-state index contributed by atoms with van der Waals surface area (Å²) in [6.45, 7) is 4.05. The summed E-state index contributed by atoms with van der Waals surface area (Å²) in [5.74, 6) is -0.0531. The Morgan fingerprint density at radius 3 is 3.19 bits per heavy atom. The Bertz CT molecular complexity index is 320. The average Bonchev–Trinajstić information content (AvgIpc) is 2.79. The summed E-state index contributed by atoms with van der Waals surface area (Å²) in [7, 11) is 0. The van der Waals surface area contributed by atoms with Gasteiger partial charge >= 0.3 is 0 Å². The summed E-state index contributed by atoms with van der Waals surface area (Å²) >= 11 is 1.62. The van der Waals surface area contributed by atoms with E-state index in [4.69, 9.17) is 4.74 Å². The van der Waals surface area contributed by atoms with E-state index in [0.29, 0.717) is 13.2 Å². The second kappa shape index (κ2) is 8.07. The minimum absolute atomic E-state index is 0.0531. The molecule has 0 bridgehead atoms. The van der Waals surface area contributed by atoms with Crippen LogP contribution in [0.1, 0.15) is 18.9 Å². The largest absolute Gasteiger partial charge is 0.382 e. The molecule has 16 heavy (non-hydrogen) atoms. The number of nitrogens with one attached hydrogen (secondary N) is 1. The number of carbonyl (C=O) groups excluding carboxylic acids is 1. The quantitative estimate of drug-likeness (QED) is 0.585. The zero-order chi connectivity index (χ0) is 11.6. The van der Waals surface area contributed by atoms with Crippen LogP contribution in [0.5, 0.6) is 0 Å². The summed E-state index contributed by atoms with van der Waals surface area (Å²) < 4.78 is 5.17. The number of amides is 1. The molecule has 0 aromatic carbocycles. The fraction of sp³-hybridized carbons (Fsp3) is 0.417. The van der Waals surface area contributed by atoms with Crippen LogP contribution in [0.3, 0.4) is 0 Å². The minimum atomic E-state index is -0.0531. The van der Waals surface area contributed by atoms with Crippen molar-refractivity contribution in [2.45, 2.75) is 13.3 Å². The number of rotatable bonds is 7. The molecule has 0 aliphatic carbocycles. The molecule has 0 saturated heterocycles.